The van der Waals surface area contributed by atoms with E-state index in [0.717, 1.165) is 123 Å². The van der Waals surface area contributed by atoms with E-state index in [9.17, 15) is 24.0 Å². The van der Waals surface area contributed by atoms with Crippen molar-refractivity contribution in [2.24, 2.45) is 5.92 Å². The summed E-state index contributed by atoms with van der Waals surface area (Å²) in [7, 11) is 0. The number of aryl methyl sites for hydroxylation is 12. The fourth-order valence-electron chi connectivity index (χ4n) is 15.1. The van der Waals surface area contributed by atoms with Gasteiger partial charge in [0.15, 0.2) is 28.9 Å². The smallest absolute Gasteiger partial charge is 0.155 e. The van der Waals surface area contributed by atoms with Crippen LogP contribution in [0.25, 0.3) is 122 Å². The second-order valence-corrected chi connectivity index (χ2v) is 36.1. The number of pyridine rings is 5. The van der Waals surface area contributed by atoms with Gasteiger partial charge in [0.05, 0.1) is 56.4 Å². The molecule has 0 atom stereocenters. The van der Waals surface area contributed by atoms with Gasteiger partial charge in [-0.3, -0.25) is 48.9 Å². The number of benzene rings is 11. The number of carbonyl (C=O) groups excluding carboxylic acids is 5. The van der Waals surface area contributed by atoms with E-state index in [4.69, 9.17) is 50.5 Å². The molecule has 0 bridgehead atoms. The maximum atomic E-state index is 10.0. The number of carbonyl (C=O) groups is 5. The first-order valence-electron chi connectivity index (χ1n) is 46.6. The Kier molecular flexibility index (Phi) is 56.8. The first-order valence-corrected chi connectivity index (χ1v) is 46.6. The molecule has 16 rings (SSSR count). The summed E-state index contributed by atoms with van der Waals surface area (Å²) >= 11 is 0. The molecule has 0 saturated heterocycles. The van der Waals surface area contributed by atoms with E-state index in [2.05, 4.69) is 378 Å². The second-order valence-electron chi connectivity index (χ2n) is 36.1. The Morgan fingerprint density at radius 1 is 0.269 bits per heavy atom. The molecular formula is C125H132Ir5N5O10-5. The van der Waals surface area contributed by atoms with Crippen molar-refractivity contribution in [1.82, 2.24) is 24.9 Å². The van der Waals surface area contributed by atoms with Gasteiger partial charge in [0, 0.05) is 136 Å². The maximum Gasteiger partial charge on any atom is 0.155 e. The summed E-state index contributed by atoms with van der Waals surface area (Å²) < 4.78 is 0. The minimum absolute atomic E-state index is 0. The van der Waals surface area contributed by atoms with Crippen molar-refractivity contribution in [1.29, 1.82) is 0 Å². The monoisotopic (exact) mass is 2830 g/mol. The fourth-order valence-corrected chi connectivity index (χ4v) is 15.1. The van der Waals surface area contributed by atoms with Crippen LogP contribution in [0.3, 0.4) is 0 Å². The zero-order valence-corrected chi connectivity index (χ0v) is 99.5. The van der Waals surface area contributed by atoms with Crippen molar-refractivity contribution in [2.45, 2.75) is 192 Å². The molecule has 0 amide bonds. The van der Waals surface area contributed by atoms with Crippen molar-refractivity contribution in [3.05, 3.63) is 410 Å². The minimum atomic E-state index is -0.125. The number of rotatable bonds is 14. The molecule has 767 valence electrons. The average molecular weight is 2830 g/mol. The molecule has 5 aromatic heterocycles. The summed E-state index contributed by atoms with van der Waals surface area (Å²) in [5.41, 5.74) is 35.1. The molecule has 0 saturated carbocycles. The van der Waals surface area contributed by atoms with Crippen LogP contribution in [0.1, 0.15) is 181 Å². The van der Waals surface area contributed by atoms with Crippen LogP contribution in [0.2, 0.25) is 0 Å². The predicted molar refractivity (Wildman–Crippen MR) is 580 cm³/mol. The third kappa shape index (κ3) is 46.4. The standard InChI is InChI=1S/C23H18N.C21H22N.C20H20N.2C18H16N.5C5H8O2.5Ir/c1-16-12-17(2)14-21(13-16)22-11-10-19-8-9-20(15-23(19)24-22)18-6-4-3-5-7-18;1-14(2)9-17-5-6-18-7-8-20(22-21(18)13-17)19-11-15(3)10-16(4)12-19;1-13(2)17-6-5-16-7-8-19(21-20(16)12-17)18-10-14(3)9-15(4)11-18;1-12-4-5-15-6-7-17(19-18(15)11-12)16-9-13(2)8-14(3)10-16;1-12-9-13(2)11-15(10-12)17-8-7-16-14(3)5-4-6-18(16)19-17;5*1-4(6)3-5(2)7;;;;;/h3-13,15H,1-2H3;5-8,10-11,13-14H,9H2,1-4H3;5-10,12-13H,1-4H3;4-9,11H,1-3H3;4-10H,1-3H3;5*3,6H,1-2H3;;;;;/q5*-1;;;;;;;;;;. The van der Waals surface area contributed by atoms with Crippen LogP contribution in [0.15, 0.2) is 302 Å². The topological polar surface area (TPSA) is 251 Å². The number of hydrogen-bond acceptors (Lipinski definition) is 15. The number of allylic oxidation sites excluding steroid dienone is 10. The average Bonchev–Trinajstić information content (AvgIpc) is 0.816. The van der Waals surface area contributed by atoms with Crippen LogP contribution in [0, 0.1) is 119 Å². The molecule has 5 N–H and O–H groups in total. The van der Waals surface area contributed by atoms with Crippen LogP contribution < -0.4 is 0 Å². The number of ketones is 5. The van der Waals surface area contributed by atoms with Gasteiger partial charge in [0.25, 0.3) is 0 Å². The van der Waals surface area contributed by atoms with E-state index in [1.165, 1.54) is 182 Å². The van der Waals surface area contributed by atoms with Gasteiger partial charge in [-0.2, -0.15) is 0 Å². The summed E-state index contributed by atoms with van der Waals surface area (Å²) in [5.74, 6) is 0.869. The molecule has 11 aromatic carbocycles. The van der Waals surface area contributed by atoms with Crippen LogP contribution >= 0.6 is 0 Å². The first kappa shape index (κ1) is 129. The Bertz CT molecular complexity index is 6900. The van der Waals surface area contributed by atoms with Crippen molar-refractivity contribution in [3.63, 3.8) is 0 Å². The minimum Gasteiger partial charge on any atom is -0.512 e. The molecular weight excluding hydrogens is 2690 g/mol. The van der Waals surface area contributed by atoms with E-state index in [-0.39, 0.29) is 158 Å². The van der Waals surface area contributed by atoms with Crippen LogP contribution in [-0.4, -0.2) is 79.4 Å². The van der Waals surface area contributed by atoms with Gasteiger partial charge in [-0.05, 0) is 215 Å². The Balaban J connectivity index is 0.000000562. The van der Waals surface area contributed by atoms with E-state index in [1.54, 1.807) is 0 Å². The molecule has 20 heteroatoms. The van der Waals surface area contributed by atoms with E-state index >= 15 is 0 Å². The fraction of sp³-hybridized carbons (Fsp3) is 0.232. The third-order valence-corrected chi connectivity index (χ3v) is 20.6. The Hall–Kier alpha value is -12.2. The number of nitrogens with zero attached hydrogens (tertiary/aromatic N) is 5. The first-order chi connectivity index (χ1) is 66.1. The maximum absolute atomic E-state index is 10.0. The number of aromatic nitrogens is 5. The molecule has 5 radical (unpaired) electrons. The van der Waals surface area contributed by atoms with E-state index in [1.807, 2.05) is 6.07 Å². The van der Waals surface area contributed by atoms with Crippen molar-refractivity contribution in [2.75, 3.05) is 0 Å². The molecule has 0 aliphatic heterocycles. The molecule has 0 fully saturated rings. The number of hydrogen-bond donors (Lipinski definition) is 5. The molecule has 0 aliphatic carbocycles. The molecule has 15 nitrogen and oxygen atoms in total. The Labute approximate surface area is 925 Å². The predicted octanol–water partition coefficient (Wildman–Crippen LogP) is 31.4. The van der Waals surface area contributed by atoms with Gasteiger partial charge in [0.2, 0.25) is 0 Å². The molecule has 0 spiro atoms. The zero-order valence-electron chi connectivity index (χ0n) is 87.5. The molecule has 5 heterocycles. The summed E-state index contributed by atoms with van der Waals surface area (Å²) in [6.45, 7) is 48.3. The Morgan fingerprint density at radius 3 is 0.855 bits per heavy atom. The molecule has 145 heavy (non-hydrogen) atoms. The van der Waals surface area contributed by atoms with E-state index < -0.39 is 0 Å². The molecule has 0 aliphatic rings. The van der Waals surface area contributed by atoms with Crippen LogP contribution in [0.4, 0.5) is 0 Å². The van der Waals surface area contributed by atoms with Gasteiger partial charge in [-0.25, -0.2) is 0 Å². The van der Waals surface area contributed by atoms with Gasteiger partial charge in [0.1, 0.15) is 0 Å². The number of aliphatic hydroxyl groups is 5. The molecule has 0 unspecified atom stereocenters. The Morgan fingerprint density at radius 2 is 0.552 bits per heavy atom. The number of fused-ring (bicyclic) bond motifs is 5. The third-order valence-electron chi connectivity index (χ3n) is 20.6. The van der Waals surface area contributed by atoms with E-state index in [0.29, 0.717) is 11.8 Å². The van der Waals surface area contributed by atoms with Gasteiger partial charge >= 0.3 is 0 Å². The SMILES string of the molecule is CC(=O)C=C(C)O.CC(=O)C=C(C)O.CC(=O)C=C(C)O.CC(=O)C=C(C)O.CC(=O)C=C(C)O.Cc1[c-]c(-c2ccc3c(C)cccc3n2)cc(C)c1.Cc1[c-]c(-c2ccc3ccc(-c4ccccc4)cc3n2)cc(C)c1.Cc1[c-]c(-c2ccc3ccc(C(C)C)cc3n2)cc(C)c1.Cc1[c-]c(-c2ccc3ccc(C)cc3n2)cc(C)c1.Cc1[c-]c(-c2ccc3ccc(CC(C)C)cc3n2)cc(C)c1.[Ir].[Ir].[Ir].[Ir].[Ir]. The van der Waals surface area contributed by atoms with Crippen molar-refractivity contribution >= 4 is 83.4 Å². The quantitative estimate of drug-likeness (QED) is 0.0386. The summed E-state index contributed by atoms with van der Waals surface area (Å²) in [6.07, 6.45) is 6.93. The normalized spacial score (nSPS) is 10.8. The van der Waals surface area contributed by atoms with Crippen LogP contribution in [0.5, 0.6) is 0 Å². The summed E-state index contributed by atoms with van der Waals surface area (Å²) in [5, 5.41) is 47.8. The second kappa shape index (κ2) is 63.9. The summed E-state index contributed by atoms with van der Waals surface area (Å²) in [4.78, 5) is 74.2. The van der Waals surface area contributed by atoms with Gasteiger partial charge < -0.3 is 25.5 Å². The largest absolute Gasteiger partial charge is 0.512 e. The van der Waals surface area contributed by atoms with Crippen LogP contribution in [-0.2, 0) is 131 Å². The van der Waals surface area contributed by atoms with Crippen molar-refractivity contribution < 1.29 is 150 Å². The van der Waals surface area contributed by atoms with Gasteiger partial charge in [-0.15, -0.1) is 174 Å². The van der Waals surface area contributed by atoms with Gasteiger partial charge in [-0.1, -0.05) is 249 Å². The molecule has 16 aromatic rings. The number of aliphatic hydroxyl groups excluding tert-OH is 5. The summed E-state index contributed by atoms with van der Waals surface area (Å²) in [6, 6.07) is 102. The zero-order chi connectivity index (χ0) is 103. The van der Waals surface area contributed by atoms with Crippen molar-refractivity contribution in [3.8, 4) is 67.4 Å².